The molecule has 1 amide bonds. The molecule has 13 heteroatoms. The van der Waals surface area contributed by atoms with Gasteiger partial charge in [0.25, 0.3) is 5.91 Å². The van der Waals surface area contributed by atoms with Crippen molar-refractivity contribution in [1.82, 2.24) is 29.8 Å². The number of nitrogens with two attached hydrogens (primary N) is 1. The van der Waals surface area contributed by atoms with Gasteiger partial charge in [0, 0.05) is 30.9 Å². The highest BCUT2D eigenvalue weighted by Crippen LogP contribution is 2.44. The number of aromatic nitrogens is 4. The molecule has 1 aliphatic carbocycles. The molecule has 0 unspecified atom stereocenters. The summed E-state index contributed by atoms with van der Waals surface area (Å²) in [6, 6.07) is 9.62. The van der Waals surface area contributed by atoms with Crippen LogP contribution >= 0.6 is 0 Å². The fourth-order valence-electron chi connectivity index (χ4n) is 6.03. The Labute approximate surface area is 232 Å². The van der Waals surface area contributed by atoms with Crippen LogP contribution < -0.4 is 15.8 Å². The van der Waals surface area contributed by atoms with Crippen LogP contribution in [0.25, 0.3) is 16.8 Å². The summed E-state index contributed by atoms with van der Waals surface area (Å²) in [5.74, 6) is -0.709. The molecule has 6 rings (SSSR count). The number of hydrogen-bond acceptors (Lipinski definition) is 7. The first-order valence-corrected chi connectivity index (χ1v) is 13.1. The van der Waals surface area contributed by atoms with Crippen LogP contribution in [-0.2, 0) is 6.18 Å². The Morgan fingerprint density at radius 2 is 1.90 bits per heavy atom. The molecule has 0 radical (unpaired) electrons. The molecule has 214 valence electrons. The van der Waals surface area contributed by atoms with E-state index in [1.807, 2.05) is 12.1 Å². The minimum Gasteiger partial charge on any atom is -0.480 e. The van der Waals surface area contributed by atoms with Crippen LogP contribution in [-0.4, -0.2) is 62.8 Å². The predicted molar refractivity (Wildman–Crippen MR) is 142 cm³/mol. The molecule has 0 spiro atoms. The van der Waals surface area contributed by atoms with Crippen molar-refractivity contribution in [3.8, 4) is 17.1 Å². The van der Waals surface area contributed by atoms with Crippen molar-refractivity contribution in [3.63, 3.8) is 0 Å². The minimum absolute atomic E-state index is 0.00458. The lowest BCUT2D eigenvalue weighted by atomic mass is 10.0. The normalized spacial score (nSPS) is 22.7. The van der Waals surface area contributed by atoms with E-state index < -0.39 is 35.4 Å². The van der Waals surface area contributed by atoms with Crippen molar-refractivity contribution in [2.45, 2.75) is 43.7 Å². The predicted octanol–water partition coefficient (Wildman–Crippen LogP) is 4.40. The van der Waals surface area contributed by atoms with E-state index in [1.165, 1.54) is 30.5 Å². The average Bonchev–Trinajstić information content (AvgIpc) is 3.62. The van der Waals surface area contributed by atoms with E-state index in [0.717, 1.165) is 23.3 Å². The molecule has 3 N–H and O–H groups in total. The van der Waals surface area contributed by atoms with Crippen LogP contribution in [0.3, 0.4) is 0 Å². The molecular weight excluding hydrogens is 542 g/mol. The molecule has 1 saturated heterocycles. The molecular formula is C28H27F4N7O2. The van der Waals surface area contributed by atoms with E-state index in [9.17, 15) is 18.0 Å². The Morgan fingerprint density at radius 1 is 1.15 bits per heavy atom. The summed E-state index contributed by atoms with van der Waals surface area (Å²) in [6.45, 7) is 2.63. The van der Waals surface area contributed by atoms with E-state index in [-0.39, 0.29) is 41.1 Å². The lowest BCUT2D eigenvalue weighted by Crippen LogP contribution is -2.41. The maximum absolute atomic E-state index is 15.3. The summed E-state index contributed by atoms with van der Waals surface area (Å²) >= 11 is 0. The number of nitrogens with one attached hydrogen (secondary N) is 1. The lowest BCUT2D eigenvalue weighted by Gasteiger charge is -2.24. The molecule has 4 aromatic rings. The maximum atomic E-state index is 15.3. The quantitative estimate of drug-likeness (QED) is 0.343. The summed E-state index contributed by atoms with van der Waals surface area (Å²) in [5.41, 5.74) is 6.85. The van der Waals surface area contributed by atoms with Gasteiger partial charge in [-0.25, -0.2) is 18.9 Å². The Hall–Kier alpha value is -4.26. The first-order chi connectivity index (χ1) is 19.6. The Morgan fingerprint density at radius 3 is 2.63 bits per heavy atom. The number of methoxy groups -OCH3 is 1. The second-order valence-corrected chi connectivity index (χ2v) is 10.5. The van der Waals surface area contributed by atoms with E-state index in [1.54, 1.807) is 0 Å². The zero-order chi connectivity index (χ0) is 29.1. The van der Waals surface area contributed by atoms with Crippen LogP contribution in [0.15, 0.2) is 48.9 Å². The minimum atomic E-state index is -4.73. The Kier molecular flexibility index (Phi) is 6.56. The fraction of sp³-hybridized carbons (Fsp3) is 0.357. The molecule has 3 aromatic heterocycles. The molecule has 2 aliphatic rings. The van der Waals surface area contributed by atoms with Gasteiger partial charge in [0.05, 0.1) is 24.4 Å². The zero-order valence-electron chi connectivity index (χ0n) is 22.2. The number of rotatable bonds is 5. The highest BCUT2D eigenvalue weighted by Gasteiger charge is 2.41. The van der Waals surface area contributed by atoms with Crippen LogP contribution in [0.2, 0.25) is 0 Å². The van der Waals surface area contributed by atoms with Crippen LogP contribution in [0.5, 0.6) is 5.88 Å². The molecule has 0 saturated carbocycles. The zero-order valence-corrected chi connectivity index (χ0v) is 22.2. The molecule has 1 aromatic carbocycles. The van der Waals surface area contributed by atoms with Gasteiger partial charge in [0.2, 0.25) is 5.88 Å². The number of pyridine rings is 1. The highest BCUT2D eigenvalue weighted by molar-refractivity contribution is 5.98. The molecule has 1 fully saturated rings. The van der Waals surface area contributed by atoms with E-state index >= 15 is 4.39 Å². The first kappa shape index (κ1) is 26.9. The van der Waals surface area contributed by atoms with Crippen LogP contribution in [0.1, 0.15) is 52.4 Å². The van der Waals surface area contributed by atoms with Gasteiger partial charge in [-0.3, -0.25) is 9.69 Å². The number of amides is 1. The number of alkyl halides is 4. The lowest BCUT2D eigenvalue weighted by molar-refractivity contribution is -0.136. The van der Waals surface area contributed by atoms with Gasteiger partial charge in [-0.05, 0) is 35.6 Å². The van der Waals surface area contributed by atoms with Gasteiger partial charge in [-0.15, -0.1) is 0 Å². The molecule has 4 atom stereocenters. The SMILES string of the molecule is COc1ncc(-c2cc(C(F)(F)F)c3c(N)ncnn23)cc1C(=O)N[C@H]1CN([C@H]2C[C@H](C)c3ccccc32)C[C@@H]1F. The number of halogens is 4. The molecule has 4 heterocycles. The summed E-state index contributed by atoms with van der Waals surface area (Å²) in [5, 5.41) is 6.70. The van der Waals surface area contributed by atoms with Gasteiger partial charge in [0.1, 0.15) is 23.6 Å². The first-order valence-electron chi connectivity index (χ1n) is 13.1. The summed E-state index contributed by atoms with van der Waals surface area (Å²) in [4.78, 5) is 23.3. The smallest absolute Gasteiger partial charge is 0.418 e. The third kappa shape index (κ3) is 4.63. The number of nitrogens with zero attached hydrogens (tertiary/aromatic N) is 5. The van der Waals surface area contributed by atoms with Crippen molar-refractivity contribution in [2.24, 2.45) is 0 Å². The van der Waals surface area contributed by atoms with Crippen molar-refractivity contribution in [1.29, 1.82) is 0 Å². The van der Waals surface area contributed by atoms with Crippen molar-refractivity contribution in [2.75, 3.05) is 25.9 Å². The number of nitrogen functional groups attached to an aromatic ring is 1. The number of ether oxygens (including phenoxy) is 1. The topological polar surface area (TPSA) is 111 Å². The number of likely N-dealkylation sites (tertiary alicyclic amines) is 1. The van der Waals surface area contributed by atoms with Crippen LogP contribution in [0.4, 0.5) is 23.4 Å². The maximum Gasteiger partial charge on any atom is 0.418 e. The van der Waals surface area contributed by atoms with Gasteiger partial charge < -0.3 is 15.8 Å². The third-order valence-electron chi connectivity index (χ3n) is 7.97. The number of benzene rings is 1. The number of anilines is 1. The molecule has 41 heavy (non-hydrogen) atoms. The van der Waals surface area contributed by atoms with Crippen molar-refractivity contribution >= 4 is 17.2 Å². The summed E-state index contributed by atoms with van der Waals surface area (Å²) < 4.78 is 62.9. The number of hydrogen-bond donors (Lipinski definition) is 2. The summed E-state index contributed by atoms with van der Waals surface area (Å²) in [6.07, 6.45) is -2.87. The highest BCUT2D eigenvalue weighted by atomic mass is 19.4. The Balaban J connectivity index is 1.28. The van der Waals surface area contributed by atoms with Gasteiger partial charge in [0.15, 0.2) is 5.82 Å². The summed E-state index contributed by atoms with van der Waals surface area (Å²) in [7, 11) is 1.31. The number of carbonyl (C=O) groups is 1. The average molecular weight is 570 g/mol. The molecule has 0 bridgehead atoms. The number of carbonyl (C=O) groups excluding carboxylic acids is 1. The van der Waals surface area contributed by atoms with E-state index in [0.29, 0.717) is 12.5 Å². The van der Waals surface area contributed by atoms with E-state index in [2.05, 4.69) is 44.3 Å². The monoisotopic (exact) mass is 569 g/mol. The van der Waals surface area contributed by atoms with Gasteiger partial charge in [-0.1, -0.05) is 31.2 Å². The molecule has 9 nitrogen and oxygen atoms in total. The largest absolute Gasteiger partial charge is 0.480 e. The van der Waals surface area contributed by atoms with Gasteiger partial charge >= 0.3 is 6.18 Å². The van der Waals surface area contributed by atoms with Crippen molar-refractivity contribution in [3.05, 3.63) is 71.2 Å². The van der Waals surface area contributed by atoms with Crippen molar-refractivity contribution < 1.29 is 27.1 Å². The Bertz CT molecular complexity index is 1640. The second kappa shape index (κ2) is 9.98. The van der Waals surface area contributed by atoms with Crippen LogP contribution in [0, 0.1) is 0 Å². The van der Waals surface area contributed by atoms with Gasteiger partial charge in [-0.2, -0.15) is 18.3 Å². The number of fused-ring (bicyclic) bond motifs is 2. The second-order valence-electron chi connectivity index (χ2n) is 10.5. The van der Waals surface area contributed by atoms with E-state index in [4.69, 9.17) is 10.5 Å². The molecule has 1 aliphatic heterocycles. The fourth-order valence-corrected chi connectivity index (χ4v) is 6.03. The standard InChI is InChI=1S/C28H27F4N7O2/c1-14-7-23(17-6-4-3-5-16(14)17)38-11-20(29)21(12-38)37-26(40)18-8-15(10-34-27(18)41-2)22-9-19(28(30,31)32)24-25(33)35-13-36-39(22)24/h3-6,8-10,13-14,20-21,23H,7,11-12H2,1-2H3,(H,37,40)(H2,33,35,36)/t14-,20-,21-,23-/m0/s1. The third-order valence-corrected chi connectivity index (χ3v) is 7.97.